The summed E-state index contributed by atoms with van der Waals surface area (Å²) < 4.78 is 37.2. The zero-order valence-electron chi connectivity index (χ0n) is 16.0. The van der Waals surface area contributed by atoms with Crippen LogP contribution in [-0.2, 0) is 0 Å². The van der Waals surface area contributed by atoms with Crippen molar-refractivity contribution >= 4 is 29.3 Å². The number of halogens is 3. The van der Waals surface area contributed by atoms with Crippen LogP contribution in [-0.4, -0.2) is 53.8 Å². The Kier molecular flexibility index (Phi) is 5.10. The summed E-state index contributed by atoms with van der Waals surface area (Å²) in [5.74, 6) is -0.563. The van der Waals surface area contributed by atoms with Crippen molar-refractivity contribution in [1.29, 1.82) is 5.26 Å². The van der Waals surface area contributed by atoms with Gasteiger partial charge < -0.3 is 10.2 Å². The summed E-state index contributed by atoms with van der Waals surface area (Å²) in [5, 5.41) is 13.3. The number of nitrogens with zero attached hydrogens (tertiary/aromatic N) is 5. The van der Waals surface area contributed by atoms with Gasteiger partial charge >= 0.3 is 12.2 Å². The highest BCUT2D eigenvalue weighted by atomic mass is 19.4. The molecule has 1 atom stereocenters. The Bertz CT molecular complexity index is 1070. The molecular weight excluding hydrogens is 415 g/mol. The maximum atomic E-state index is 13.0. The second kappa shape index (κ2) is 7.75. The molecule has 160 valence electrons. The van der Waals surface area contributed by atoms with Gasteiger partial charge in [-0.2, -0.15) is 18.4 Å². The van der Waals surface area contributed by atoms with E-state index in [4.69, 9.17) is 5.26 Å². The molecule has 1 unspecified atom stereocenters. The first-order valence-electron chi connectivity index (χ1n) is 9.32. The molecule has 0 aromatic carbocycles. The van der Waals surface area contributed by atoms with Crippen LogP contribution in [0.1, 0.15) is 22.5 Å². The number of hydrogen-bond acceptors (Lipinski definition) is 6. The second-order valence-electron chi connectivity index (χ2n) is 7.07. The molecule has 2 aliphatic heterocycles. The monoisotopic (exact) mass is 431 g/mol. The van der Waals surface area contributed by atoms with Gasteiger partial charge in [-0.25, -0.2) is 14.8 Å². The Morgan fingerprint density at radius 3 is 2.74 bits per heavy atom. The number of amides is 3. The molecule has 2 aliphatic rings. The van der Waals surface area contributed by atoms with Gasteiger partial charge in [-0.15, -0.1) is 0 Å². The number of fused-ring (bicyclic) bond motifs is 4. The van der Waals surface area contributed by atoms with Gasteiger partial charge in [-0.05, 0) is 30.7 Å². The number of aromatic nitrogens is 2. The van der Waals surface area contributed by atoms with Gasteiger partial charge in [0.25, 0.3) is 5.91 Å². The van der Waals surface area contributed by atoms with Crippen LogP contribution in [0.4, 0.5) is 35.3 Å². The Morgan fingerprint density at radius 2 is 2.06 bits per heavy atom. The molecule has 0 saturated carbocycles. The minimum absolute atomic E-state index is 0.194. The van der Waals surface area contributed by atoms with Crippen LogP contribution in [0.25, 0.3) is 0 Å². The Hall–Kier alpha value is -3.88. The van der Waals surface area contributed by atoms with E-state index in [2.05, 4.69) is 15.3 Å². The lowest BCUT2D eigenvalue weighted by Crippen LogP contribution is -2.48. The van der Waals surface area contributed by atoms with Crippen molar-refractivity contribution in [3.05, 3.63) is 41.7 Å². The van der Waals surface area contributed by atoms with Gasteiger partial charge in [0.15, 0.2) is 5.82 Å². The number of alkyl halides is 3. The predicted octanol–water partition coefficient (Wildman–Crippen LogP) is 2.27. The van der Waals surface area contributed by atoms with Gasteiger partial charge in [-0.1, -0.05) is 0 Å². The van der Waals surface area contributed by atoms with Gasteiger partial charge in [0, 0.05) is 19.3 Å². The number of pyridine rings is 2. The molecule has 4 rings (SSSR count). The van der Waals surface area contributed by atoms with Crippen molar-refractivity contribution in [3.8, 4) is 6.07 Å². The topological polar surface area (TPSA) is 114 Å². The van der Waals surface area contributed by atoms with Gasteiger partial charge in [0.05, 0.1) is 17.3 Å². The lowest BCUT2D eigenvalue weighted by molar-refractivity contribution is -0.123. The van der Waals surface area contributed by atoms with Crippen LogP contribution < -0.4 is 20.4 Å². The van der Waals surface area contributed by atoms with Crippen molar-refractivity contribution in [2.45, 2.75) is 18.6 Å². The first kappa shape index (κ1) is 20.4. The zero-order chi connectivity index (χ0) is 22.2. The third kappa shape index (κ3) is 4.20. The number of carbonyl (C=O) groups excluding carboxylic acids is 2. The quantitative estimate of drug-likeness (QED) is 0.771. The van der Waals surface area contributed by atoms with E-state index in [9.17, 15) is 22.8 Å². The Balaban J connectivity index is 1.60. The first-order valence-corrected chi connectivity index (χ1v) is 9.32. The van der Waals surface area contributed by atoms with Gasteiger partial charge in [0.2, 0.25) is 0 Å². The molecule has 2 N–H and O–H groups in total. The number of nitriles is 1. The highest BCUT2D eigenvalue weighted by molar-refractivity contribution is 6.05. The molecule has 1 fully saturated rings. The zero-order valence-corrected chi connectivity index (χ0v) is 16.0. The Labute approximate surface area is 174 Å². The van der Waals surface area contributed by atoms with Crippen LogP contribution >= 0.6 is 0 Å². The fraction of sp³-hybridized carbons (Fsp3) is 0.316. The molecule has 2 aromatic rings. The van der Waals surface area contributed by atoms with Crippen LogP contribution in [0.2, 0.25) is 0 Å². The SMILES string of the molecule is N#Cc1ccc(NC(=O)N2c3nc(C(=O)NCC(F)(F)F)ccc3N3CCC2C3)nc1. The second-order valence-corrected chi connectivity index (χ2v) is 7.07. The van der Waals surface area contributed by atoms with Crippen molar-refractivity contribution in [3.63, 3.8) is 0 Å². The Morgan fingerprint density at radius 1 is 1.26 bits per heavy atom. The minimum atomic E-state index is -4.55. The molecule has 1 saturated heterocycles. The summed E-state index contributed by atoms with van der Waals surface area (Å²) >= 11 is 0. The standard InChI is InChI=1S/C19H16F3N7O2/c20-19(21,22)10-25-17(30)13-2-3-14-16(26-13)29(12-5-6-28(14)9-12)18(31)27-15-4-1-11(7-23)8-24-15/h1-4,8,12H,5-6,9-10H2,(H,25,30)(H,24,27,31). The van der Waals surface area contributed by atoms with E-state index >= 15 is 0 Å². The molecule has 31 heavy (non-hydrogen) atoms. The lowest BCUT2D eigenvalue weighted by atomic mass is 10.1. The lowest BCUT2D eigenvalue weighted by Gasteiger charge is -2.35. The normalized spacial score (nSPS) is 17.0. The summed E-state index contributed by atoms with van der Waals surface area (Å²) in [6, 6.07) is 7.08. The molecule has 4 heterocycles. The molecule has 9 nitrogen and oxygen atoms in total. The van der Waals surface area contributed by atoms with E-state index in [1.165, 1.54) is 29.3 Å². The van der Waals surface area contributed by atoms with E-state index in [0.717, 1.165) is 0 Å². The van der Waals surface area contributed by atoms with E-state index in [-0.39, 0.29) is 23.4 Å². The highest BCUT2D eigenvalue weighted by Crippen LogP contribution is 2.39. The van der Waals surface area contributed by atoms with E-state index < -0.39 is 24.7 Å². The molecule has 0 spiro atoms. The molecule has 0 radical (unpaired) electrons. The number of hydrogen-bond donors (Lipinski definition) is 2. The van der Waals surface area contributed by atoms with Gasteiger partial charge in [0.1, 0.15) is 24.1 Å². The summed E-state index contributed by atoms with van der Waals surface area (Å²) in [6.07, 6.45) is -2.56. The summed E-state index contributed by atoms with van der Waals surface area (Å²) in [4.78, 5) is 36.8. The average Bonchev–Trinajstić information content (AvgIpc) is 3.16. The van der Waals surface area contributed by atoms with Crippen molar-refractivity contribution < 1.29 is 22.8 Å². The smallest absolute Gasteiger partial charge is 0.366 e. The van der Waals surface area contributed by atoms with E-state index in [0.29, 0.717) is 30.8 Å². The molecule has 2 aromatic heterocycles. The van der Waals surface area contributed by atoms with Crippen molar-refractivity contribution in [2.75, 3.05) is 34.8 Å². The number of anilines is 3. The maximum absolute atomic E-state index is 13.0. The van der Waals surface area contributed by atoms with Crippen LogP contribution in [0, 0.1) is 11.3 Å². The van der Waals surface area contributed by atoms with Crippen LogP contribution in [0.5, 0.6) is 0 Å². The number of nitrogens with one attached hydrogen (secondary N) is 2. The first-order chi connectivity index (χ1) is 14.7. The van der Waals surface area contributed by atoms with Gasteiger partial charge in [-0.3, -0.25) is 15.0 Å². The largest absolute Gasteiger partial charge is 0.405 e. The van der Waals surface area contributed by atoms with Crippen molar-refractivity contribution in [2.24, 2.45) is 0 Å². The summed E-state index contributed by atoms with van der Waals surface area (Å²) in [5.41, 5.74) is 0.729. The summed E-state index contributed by atoms with van der Waals surface area (Å²) in [7, 11) is 0. The average molecular weight is 431 g/mol. The fourth-order valence-electron chi connectivity index (χ4n) is 3.57. The highest BCUT2D eigenvalue weighted by Gasteiger charge is 2.40. The molecule has 0 aliphatic carbocycles. The number of rotatable bonds is 3. The number of urea groups is 1. The van der Waals surface area contributed by atoms with E-state index in [1.807, 2.05) is 11.0 Å². The summed E-state index contributed by atoms with van der Waals surface area (Å²) in [6.45, 7) is -0.228. The molecule has 12 heteroatoms. The van der Waals surface area contributed by atoms with Crippen LogP contribution in [0.3, 0.4) is 0 Å². The minimum Gasteiger partial charge on any atom is -0.366 e. The maximum Gasteiger partial charge on any atom is 0.405 e. The molecule has 2 bridgehead atoms. The number of carbonyl (C=O) groups is 2. The van der Waals surface area contributed by atoms with Crippen LogP contribution in [0.15, 0.2) is 30.5 Å². The predicted molar refractivity (Wildman–Crippen MR) is 104 cm³/mol. The van der Waals surface area contributed by atoms with E-state index in [1.54, 1.807) is 11.4 Å². The molecular formula is C19H16F3N7O2. The fourth-order valence-corrected chi connectivity index (χ4v) is 3.57. The third-order valence-electron chi connectivity index (χ3n) is 4.98. The molecule has 3 amide bonds. The van der Waals surface area contributed by atoms with Crippen molar-refractivity contribution in [1.82, 2.24) is 15.3 Å². The third-order valence-corrected chi connectivity index (χ3v) is 4.98.